The summed E-state index contributed by atoms with van der Waals surface area (Å²) in [7, 11) is 0. The molecule has 0 radical (unpaired) electrons. The van der Waals surface area contributed by atoms with Gasteiger partial charge in [0, 0.05) is 36.5 Å². The second kappa shape index (κ2) is 10.9. The minimum absolute atomic E-state index is 0. The third kappa shape index (κ3) is 10.9. The number of thioether (sulfide) groups is 1. The minimum atomic E-state index is -0.913. The van der Waals surface area contributed by atoms with Gasteiger partial charge in [-0.05, 0) is 18.4 Å². The van der Waals surface area contributed by atoms with Crippen molar-refractivity contribution in [3.8, 4) is 0 Å². The molecule has 0 aromatic rings. The molecule has 0 rings (SSSR count). The topological polar surface area (TPSA) is 63.3 Å². The molecule has 0 saturated heterocycles. The Kier molecular flexibility index (Phi) is 17.7. The maximum Gasteiger partial charge on any atom is 0.320 e. The number of carboxylic acid groups (broad SMARTS) is 1. The molecule has 0 amide bonds. The first-order valence-corrected chi connectivity index (χ1v) is 4.05. The first-order valence-electron chi connectivity index (χ1n) is 2.65. The molecular weight excluding hydrogens is 259 g/mol. The van der Waals surface area contributed by atoms with Gasteiger partial charge in [-0.3, -0.25) is 4.79 Å². The van der Waals surface area contributed by atoms with E-state index in [1.165, 1.54) is 0 Å². The molecule has 0 fully saturated rings. The van der Waals surface area contributed by atoms with Gasteiger partial charge in [0.1, 0.15) is 6.04 Å². The summed E-state index contributed by atoms with van der Waals surface area (Å²) < 4.78 is 0. The third-order valence-corrected chi connectivity index (χ3v) is 1.59. The Morgan fingerprint density at radius 1 is 1.73 bits per heavy atom. The van der Waals surface area contributed by atoms with Gasteiger partial charge in [0.2, 0.25) is 0 Å². The average molecular weight is 270 g/mol. The number of carbonyl (C=O) groups is 1. The Hall–Kier alpha value is 0.923. The zero-order chi connectivity index (χ0) is 7.28. The van der Waals surface area contributed by atoms with Gasteiger partial charge in [-0.25, -0.2) is 0 Å². The van der Waals surface area contributed by atoms with E-state index in [0.29, 0.717) is 6.42 Å². The second-order valence-corrected chi connectivity index (χ2v) is 2.71. The molecule has 0 heterocycles. The van der Waals surface area contributed by atoms with Gasteiger partial charge in [0.15, 0.2) is 0 Å². The van der Waals surface area contributed by atoms with E-state index in [1.807, 2.05) is 6.26 Å². The number of hydrogen-bond acceptors (Lipinski definition) is 3. The van der Waals surface area contributed by atoms with Crippen molar-refractivity contribution in [3.05, 3.63) is 0 Å². The third-order valence-electron chi connectivity index (χ3n) is 0.950. The van der Waals surface area contributed by atoms with E-state index in [1.54, 1.807) is 11.8 Å². The zero-order valence-electron chi connectivity index (χ0n) is 6.39. The maximum atomic E-state index is 10.1. The van der Waals surface area contributed by atoms with E-state index in [9.17, 15) is 4.79 Å². The van der Waals surface area contributed by atoms with Gasteiger partial charge >= 0.3 is 5.97 Å². The van der Waals surface area contributed by atoms with E-state index in [0.717, 1.165) is 5.75 Å². The van der Waals surface area contributed by atoms with Crippen LogP contribution in [-0.2, 0) is 41.3 Å². The van der Waals surface area contributed by atoms with Gasteiger partial charge in [-0.1, -0.05) is 0 Å². The van der Waals surface area contributed by atoms with Gasteiger partial charge in [0.05, 0.1) is 0 Å². The number of rotatable bonds is 4. The standard InChI is InChI=1S/C5H11NO2S.Fe.Zn/c1-9-3-2-4(6)5(7)8;;/h4H,2-3,6H2,1H3,(H,7,8);;/t4-;;/m0../s1. The van der Waals surface area contributed by atoms with Crippen molar-refractivity contribution in [2.24, 2.45) is 5.73 Å². The Morgan fingerprint density at radius 2 is 2.18 bits per heavy atom. The molecule has 11 heavy (non-hydrogen) atoms. The molecule has 0 aliphatic heterocycles. The van der Waals surface area contributed by atoms with Crippen LogP contribution in [-0.4, -0.2) is 29.1 Å². The largest absolute Gasteiger partial charge is 0.480 e. The summed E-state index contributed by atoms with van der Waals surface area (Å²) in [4.78, 5) is 10.1. The summed E-state index contributed by atoms with van der Waals surface area (Å²) in [5, 5.41) is 8.27. The fraction of sp³-hybridized carbons (Fsp3) is 0.800. The zero-order valence-corrected chi connectivity index (χ0v) is 11.3. The van der Waals surface area contributed by atoms with Crippen LogP contribution in [0.2, 0.25) is 0 Å². The predicted molar refractivity (Wildman–Crippen MR) is 38.6 cm³/mol. The fourth-order valence-corrected chi connectivity index (χ4v) is 0.858. The van der Waals surface area contributed by atoms with Crippen molar-refractivity contribution in [3.63, 3.8) is 0 Å². The van der Waals surface area contributed by atoms with Crippen LogP contribution >= 0.6 is 11.8 Å². The van der Waals surface area contributed by atoms with Gasteiger partial charge < -0.3 is 10.8 Å². The van der Waals surface area contributed by atoms with E-state index in [4.69, 9.17) is 10.8 Å². The Bertz CT molecular complexity index is 106. The molecule has 64 valence electrons. The van der Waals surface area contributed by atoms with Crippen molar-refractivity contribution >= 4 is 17.7 Å². The van der Waals surface area contributed by atoms with Gasteiger partial charge in [0.25, 0.3) is 0 Å². The van der Waals surface area contributed by atoms with Gasteiger partial charge in [-0.2, -0.15) is 11.8 Å². The van der Waals surface area contributed by atoms with E-state index in [2.05, 4.69) is 0 Å². The van der Waals surface area contributed by atoms with Crippen molar-refractivity contribution in [1.29, 1.82) is 0 Å². The maximum absolute atomic E-state index is 10.1. The molecule has 3 N–H and O–H groups in total. The molecule has 0 aromatic carbocycles. The molecule has 0 aliphatic carbocycles. The number of aliphatic carboxylic acids is 1. The van der Waals surface area contributed by atoms with E-state index < -0.39 is 12.0 Å². The van der Waals surface area contributed by atoms with Crippen LogP contribution in [0, 0.1) is 0 Å². The smallest absolute Gasteiger partial charge is 0.320 e. The first kappa shape index (κ1) is 17.9. The molecule has 6 heteroatoms. The van der Waals surface area contributed by atoms with Crippen LogP contribution in [0.5, 0.6) is 0 Å². The molecule has 0 saturated carbocycles. The van der Waals surface area contributed by atoms with Crippen LogP contribution in [0.1, 0.15) is 6.42 Å². The molecule has 1 atom stereocenters. The summed E-state index contributed by atoms with van der Waals surface area (Å²) >= 11 is 1.60. The first-order chi connectivity index (χ1) is 4.18. The van der Waals surface area contributed by atoms with Crippen LogP contribution in [0.15, 0.2) is 0 Å². The van der Waals surface area contributed by atoms with Crippen LogP contribution in [0.4, 0.5) is 0 Å². The Morgan fingerprint density at radius 3 is 2.45 bits per heavy atom. The second-order valence-electron chi connectivity index (χ2n) is 1.73. The summed E-state index contributed by atoms with van der Waals surface area (Å²) in [6, 6.07) is -0.683. The quantitative estimate of drug-likeness (QED) is 0.714. The van der Waals surface area contributed by atoms with Gasteiger partial charge in [-0.15, -0.1) is 0 Å². The molecule has 0 aliphatic rings. The van der Waals surface area contributed by atoms with E-state index in [-0.39, 0.29) is 36.5 Å². The Labute approximate surface area is 94.1 Å². The SMILES string of the molecule is CSCC[C@H](N)C(=O)O.[Fe].[Zn]. The summed E-state index contributed by atoms with van der Waals surface area (Å²) in [5.74, 6) is -0.1000. The molecule has 0 unspecified atom stereocenters. The summed E-state index contributed by atoms with van der Waals surface area (Å²) in [5.41, 5.74) is 5.19. The number of carboxylic acids is 1. The molecule has 0 bridgehead atoms. The predicted octanol–water partition coefficient (Wildman–Crippen LogP) is 0.146. The van der Waals surface area contributed by atoms with Crippen molar-refractivity contribution in [2.45, 2.75) is 12.5 Å². The van der Waals surface area contributed by atoms with Crippen LogP contribution in [0.25, 0.3) is 0 Å². The summed E-state index contributed by atoms with van der Waals surface area (Å²) in [6.07, 6.45) is 2.48. The Balaban J connectivity index is -0.000000320. The van der Waals surface area contributed by atoms with Crippen molar-refractivity contribution in [2.75, 3.05) is 12.0 Å². The molecule has 3 nitrogen and oxygen atoms in total. The normalized spacial score (nSPS) is 10.7. The van der Waals surface area contributed by atoms with Crippen molar-refractivity contribution in [1.82, 2.24) is 0 Å². The molecule has 0 spiro atoms. The average Bonchev–Trinajstić information content (AvgIpc) is 1.82. The minimum Gasteiger partial charge on any atom is -0.480 e. The number of nitrogens with two attached hydrogens (primary N) is 1. The van der Waals surface area contributed by atoms with Crippen molar-refractivity contribution < 1.29 is 46.4 Å². The summed E-state index contributed by atoms with van der Waals surface area (Å²) in [6.45, 7) is 0. The monoisotopic (exact) mass is 269 g/mol. The molecule has 0 aromatic heterocycles. The van der Waals surface area contributed by atoms with Crippen LogP contribution < -0.4 is 5.73 Å². The molecular formula is C5H11FeNO2SZn. The number of hydrogen-bond donors (Lipinski definition) is 2. The van der Waals surface area contributed by atoms with E-state index >= 15 is 0 Å². The fourth-order valence-electron chi connectivity index (χ4n) is 0.368. The van der Waals surface area contributed by atoms with Crippen LogP contribution in [0.3, 0.4) is 0 Å².